The van der Waals surface area contributed by atoms with E-state index in [0.29, 0.717) is 23.5 Å². The smallest absolute Gasteiger partial charge is 0.332 e. The molecule has 194 valence electrons. The fourth-order valence-electron chi connectivity index (χ4n) is 4.65. The first-order valence-electron chi connectivity index (χ1n) is 12.3. The van der Waals surface area contributed by atoms with Crippen LogP contribution in [0.1, 0.15) is 30.0 Å². The average Bonchev–Trinajstić information content (AvgIpc) is 2.89. The normalized spacial score (nSPS) is 17.9. The van der Waals surface area contributed by atoms with Crippen molar-refractivity contribution in [3.63, 3.8) is 0 Å². The van der Waals surface area contributed by atoms with Crippen LogP contribution in [0.2, 0.25) is 0 Å². The van der Waals surface area contributed by atoms with Crippen molar-refractivity contribution in [3.8, 4) is 5.75 Å². The van der Waals surface area contributed by atoms with Gasteiger partial charge < -0.3 is 21.5 Å². The highest BCUT2D eigenvalue weighted by atomic mass is 16.5. The van der Waals surface area contributed by atoms with Crippen LogP contribution in [0, 0.1) is 20.8 Å². The molecule has 0 radical (unpaired) electrons. The minimum absolute atomic E-state index is 0.206. The summed E-state index contributed by atoms with van der Waals surface area (Å²) in [5, 5.41) is 4.45. The zero-order valence-electron chi connectivity index (χ0n) is 21.6. The number of carbonyl (C=O) groups is 3. The molecule has 3 aromatic carbocycles. The lowest BCUT2D eigenvalue weighted by atomic mass is 10.0. The molecule has 1 heterocycles. The number of hydrogen-bond acceptors (Lipinski definition) is 6. The van der Waals surface area contributed by atoms with Gasteiger partial charge in [0.15, 0.2) is 6.61 Å². The highest BCUT2D eigenvalue weighted by Crippen LogP contribution is 2.32. The van der Waals surface area contributed by atoms with E-state index in [1.54, 1.807) is 12.1 Å². The second-order valence-corrected chi connectivity index (χ2v) is 9.32. The van der Waals surface area contributed by atoms with E-state index in [1.807, 2.05) is 64.1 Å². The van der Waals surface area contributed by atoms with Crippen LogP contribution < -0.4 is 26.4 Å². The molecule has 2 unspecified atom stereocenters. The van der Waals surface area contributed by atoms with Crippen LogP contribution >= 0.6 is 0 Å². The number of rotatable bonds is 7. The van der Waals surface area contributed by atoms with E-state index in [1.165, 1.54) is 4.90 Å². The maximum absolute atomic E-state index is 13.5. The van der Waals surface area contributed by atoms with E-state index >= 15 is 0 Å². The van der Waals surface area contributed by atoms with E-state index in [4.69, 9.17) is 16.2 Å². The zero-order valence-corrected chi connectivity index (χ0v) is 21.6. The van der Waals surface area contributed by atoms with Crippen LogP contribution in [0.25, 0.3) is 10.8 Å². The highest BCUT2D eigenvalue weighted by Gasteiger charge is 2.46. The molecule has 1 aliphatic rings. The summed E-state index contributed by atoms with van der Waals surface area (Å²) >= 11 is 0. The van der Waals surface area contributed by atoms with Gasteiger partial charge in [0.2, 0.25) is 0 Å². The monoisotopic (exact) mass is 503 g/mol. The number of fused-ring (bicyclic) bond motifs is 1. The highest BCUT2D eigenvalue weighted by molar-refractivity contribution is 6.12. The number of nitrogens with one attached hydrogen (secondary N) is 1. The molecule has 0 spiro atoms. The Labute approximate surface area is 216 Å². The lowest BCUT2D eigenvalue weighted by Gasteiger charge is -2.43. The number of aryl methyl sites for hydroxylation is 1. The molecule has 4 amide bonds. The lowest BCUT2D eigenvalue weighted by Crippen LogP contribution is -2.72. The number of nitrogens with two attached hydrogens (primary N) is 2. The molecule has 0 aromatic heterocycles. The molecule has 9 nitrogen and oxygen atoms in total. The summed E-state index contributed by atoms with van der Waals surface area (Å²) in [5.74, 6) is -0.526. The summed E-state index contributed by atoms with van der Waals surface area (Å²) in [5.41, 5.74) is 16.4. The minimum Gasteiger partial charge on any atom is -0.483 e. The molecule has 37 heavy (non-hydrogen) atoms. The third-order valence-electron chi connectivity index (χ3n) is 6.87. The number of imide groups is 1. The zero-order chi connectivity index (χ0) is 26.9. The van der Waals surface area contributed by atoms with Crippen molar-refractivity contribution in [2.24, 2.45) is 5.73 Å². The molecule has 0 saturated carbocycles. The first kappa shape index (κ1) is 26.0. The topological polar surface area (TPSA) is 131 Å². The Bertz CT molecular complexity index is 1370. The fourth-order valence-corrected chi connectivity index (χ4v) is 4.65. The van der Waals surface area contributed by atoms with Crippen LogP contribution in [0.3, 0.4) is 0 Å². The van der Waals surface area contributed by atoms with Crippen molar-refractivity contribution >= 4 is 40.0 Å². The van der Waals surface area contributed by atoms with Gasteiger partial charge in [-0.05, 0) is 61.4 Å². The largest absolute Gasteiger partial charge is 0.483 e. The third kappa shape index (κ3) is 4.82. The third-order valence-corrected chi connectivity index (χ3v) is 6.87. The number of hydrogen-bond donors (Lipinski definition) is 3. The molecule has 3 aromatic rings. The van der Waals surface area contributed by atoms with Crippen molar-refractivity contribution in [1.82, 2.24) is 10.2 Å². The van der Waals surface area contributed by atoms with Gasteiger partial charge in [0.05, 0.1) is 5.69 Å². The van der Waals surface area contributed by atoms with Gasteiger partial charge in [0.1, 0.15) is 18.0 Å². The Hall–Kier alpha value is -4.11. The van der Waals surface area contributed by atoms with Gasteiger partial charge in [-0.2, -0.15) is 0 Å². The minimum atomic E-state index is -1.14. The molecule has 0 bridgehead atoms. The van der Waals surface area contributed by atoms with Crippen molar-refractivity contribution in [2.75, 3.05) is 23.8 Å². The van der Waals surface area contributed by atoms with Gasteiger partial charge in [-0.15, -0.1) is 0 Å². The second kappa shape index (κ2) is 10.5. The molecule has 1 fully saturated rings. The summed E-state index contributed by atoms with van der Waals surface area (Å²) in [6.45, 7) is 7.39. The van der Waals surface area contributed by atoms with Crippen LogP contribution in [0.15, 0.2) is 48.5 Å². The van der Waals surface area contributed by atoms with Crippen molar-refractivity contribution < 1.29 is 19.1 Å². The number of ether oxygens (including phenoxy) is 1. The van der Waals surface area contributed by atoms with E-state index in [2.05, 4.69) is 5.32 Å². The van der Waals surface area contributed by atoms with E-state index in [9.17, 15) is 14.4 Å². The van der Waals surface area contributed by atoms with Crippen molar-refractivity contribution in [1.29, 1.82) is 0 Å². The van der Waals surface area contributed by atoms with Crippen LogP contribution in [-0.4, -0.2) is 48.1 Å². The van der Waals surface area contributed by atoms with Crippen LogP contribution in [0.4, 0.5) is 16.2 Å². The Morgan fingerprint density at radius 1 is 1.05 bits per heavy atom. The standard InChI is InChI=1S/C28H33N5O4/c1-5-13-32-27(35)25(31-23(34)15-37-22-14-16(2)24(29)18(4)17(22)3)26(30)33(28(32)36)21-12-8-10-19-9-6-7-11-20(19)21/h6-12,14,25-26H,5,13,15,29-30H2,1-4H3,(H,31,34). The summed E-state index contributed by atoms with van der Waals surface area (Å²) in [7, 11) is 0. The Morgan fingerprint density at radius 2 is 1.76 bits per heavy atom. The predicted octanol–water partition coefficient (Wildman–Crippen LogP) is 3.37. The Balaban J connectivity index is 1.60. The molecule has 4 rings (SSSR count). The lowest BCUT2D eigenvalue weighted by molar-refractivity contribution is -0.136. The molecular formula is C28H33N5O4. The van der Waals surface area contributed by atoms with Gasteiger partial charge in [-0.1, -0.05) is 43.3 Å². The van der Waals surface area contributed by atoms with Gasteiger partial charge in [-0.25, -0.2) is 4.79 Å². The van der Waals surface area contributed by atoms with Crippen LogP contribution in [0.5, 0.6) is 5.75 Å². The molecule has 0 aliphatic carbocycles. The van der Waals surface area contributed by atoms with E-state index < -0.39 is 30.1 Å². The number of carbonyl (C=O) groups excluding carboxylic acids is 3. The first-order valence-corrected chi connectivity index (χ1v) is 12.3. The number of anilines is 2. The fraction of sp³-hybridized carbons (Fsp3) is 0.321. The Morgan fingerprint density at radius 3 is 2.49 bits per heavy atom. The van der Waals surface area contributed by atoms with Gasteiger partial charge >= 0.3 is 6.03 Å². The number of nitrogen functional groups attached to an aromatic ring is 1. The summed E-state index contributed by atoms with van der Waals surface area (Å²) in [6, 6.07) is 13.3. The number of nitrogens with zero attached hydrogens (tertiary/aromatic N) is 2. The molecule has 9 heteroatoms. The Kier molecular flexibility index (Phi) is 7.35. The van der Waals surface area contributed by atoms with Gasteiger partial charge in [-0.3, -0.25) is 19.4 Å². The number of amides is 4. The van der Waals surface area contributed by atoms with E-state index in [0.717, 1.165) is 32.4 Å². The summed E-state index contributed by atoms with van der Waals surface area (Å²) in [6.07, 6.45) is -0.541. The SMILES string of the molecule is CCCN1C(=O)C(NC(=O)COc2cc(C)c(N)c(C)c2C)C(N)N(c2cccc3ccccc23)C1=O. The number of urea groups is 1. The van der Waals surface area contributed by atoms with Gasteiger partial charge in [0, 0.05) is 17.6 Å². The molecular weight excluding hydrogens is 470 g/mol. The summed E-state index contributed by atoms with van der Waals surface area (Å²) < 4.78 is 5.78. The molecule has 5 N–H and O–H groups in total. The quantitative estimate of drug-likeness (QED) is 0.424. The number of benzene rings is 3. The van der Waals surface area contributed by atoms with Crippen molar-refractivity contribution in [2.45, 2.75) is 46.3 Å². The molecule has 2 atom stereocenters. The summed E-state index contributed by atoms with van der Waals surface area (Å²) in [4.78, 5) is 42.2. The predicted molar refractivity (Wildman–Crippen MR) is 144 cm³/mol. The molecule has 1 saturated heterocycles. The molecule has 1 aliphatic heterocycles. The maximum atomic E-state index is 13.5. The first-order chi connectivity index (χ1) is 17.6. The average molecular weight is 504 g/mol. The van der Waals surface area contributed by atoms with E-state index in [-0.39, 0.29) is 13.2 Å². The van der Waals surface area contributed by atoms with Crippen molar-refractivity contribution in [3.05, 3.63) is 65.2 Å². The maximum Gasteiger partial charge on any atom is 0.332 e. The second-order valence-electron chi connectivity index (χ2n) is 9.32. The van der Waals surface area contributed by atoms with Crippen LogP contribution in [-0.2, 0) is 9.59 Å². The van der Waals surface area contributed by atoms with Gasteiger partial charge in [0.25, 0.3) is 11.8 Å².